The molecule has 1 rings (SSSR count). The third kappa shape index (κ3) is 1.83. The number of hydrogen-bond acceptors (Lipinski definition) is 0. The first kappa shape index (κ1) is 7.26. The number of halogens is 1. The van der Waals surface area contributed by atoms with Crippen molar-refractivity contribution >= 4 is 0 Å². The van der Waals surface area contributed by atoms with E-state index >= 15 is 0 Å². The zero-order valence-corrected chi connectivity index (χ0v) is 5.97. The van der Waals surface area contributed by atoms with Gasteiger partial charge in [0.25, 0.3) is 0 Å². The zero-order chi connectivity index (χ0) is 7.40. The van der Waals surface area contributed by atoms with Crippen LogP contribution in [0.2, 0.25) is 0 Å². The van der Waals surface area contributed by atoms with Crippen LogP contribution in [-0.2, 0) is 6.42 Å². The van der Waals surface area contributed by atoms with Gasteiger partial charge in [-0.3, -0.25) is 0 Å². The Balaban J connectivity index is 2.75. The second kappa shape index (κ2) is 3.35. The lowest BCUT2D eigenvalue weighted by molar-refractivity contribution is 0.626. The van der Waals surface area contributed by atoms with Crippen molar-refractivity contribution in [3.63, 3.8) is 0 Å². The first-order valence-electron chi connectivity index (χ1n) is 3.35. The van der Waals surface area contributed by atoms with Crippen LogP contribution in [-0.4, -0.2) is 0 Å². The number of benzene rings is 1. The predicted molar refractivity (Wildman–Crippen MR) is 40.1 cm³/mol. The zero-order valence-electron chi connectivity index (χ0n) is 5.97. The average molecular weight is 137 g/mol. The van der Waals surface area contributed by atoms with Gasteiger partial charge >= 0.3 is 0 Å². The highest BCUT2D eigenvalue weighted by molar-refractivity contribution is 5.17. The summed E-state index contributed by atoms with van der Waals surface area (Å²) >= 11 is 0. The highest BCUT2D eigenvalue weighted by Crippen LogP contribution is 2.04. The second-order valence-corrected chi connectivity index (χ2v) is 2.24. The van der Waals surface area contributed by atoms with Gasteiger partial charge in [0, 0.05) is 0 Å². The van der Waals surface area contributed by atoms with Crippen LogP contribution in [0.5, 0.6) is 0 Å². The van der Waals surface area contributed by atoms with Gasteiger partial charge in [-0.25, -0.2) is 4.39 Å². The highest BCUT2D eigenvalue weighted by atomic mass is 19.1. The van der Waals surface area contributed by atoms with Gasteiger partial charge in [-0.15, -0.1) is 0 Å². The topological polar surface area (TPSA) is 0 Å². The molecule has 1 aromatic rings. The normalized spacial score (nSPS) is 9.80. The van der Waals surface area contributed by atoms with Crippen LogP contribution >= 0.6 is 0 Å². The van der Waals surface area contributed by atoms with E-state index in [0.29, 0.717) is 0 Å². The lowest BCUT2D eigenvalue weighted by atomic mass is 10.1. The molecule has 0 amide bonds. The monoisotopic (exact) mass is 137 g/mol. The Labute approximate surface area is 60.7 Å². The van der Waals surface area contributed by atoms with Gasteiger partial charge in [-0.1, -0.05) is 19.1 Å². The fourth-order valence-electron chi connectivity index (χ4n) is 0.900. The molecule has 0 N–H and O–H groups in total. The fourth-order valence-corrected chi connectivity index (χ4v) is 0.900. The van der Waals surface area contributed by atoms with Crippen molar-refractivity contribution in [1.82, 2.24) is 0 Å². The Morgan fingerprint density at radius 1 is 1.50 bits per heavy atom. The standard InChI is InChI=1S/C9H10F/c1-2-4-8-5-3-6-9(10)7-8/h2-3,5-7H,4H2,1H3. The Morgan fingerprint density at radius 3 is 2.90 bits per heavy atom. The van der Waals surface area contributed by atoms with Gasteiger partial charge < -0.3 is 0 Å². The summed E-state index contributed by atoms with van der Waals surface area (Å²) in [7, 11) is 0. The van der Waals surface area contributed by atoms with Crippen LogP contribution in [0.1, 0.15) is 12.5 Å². The molecule has 1 heteroatoms. The maximum atomic E-state index is 12.5. The Bertz CT molecular complexity index is 206. The van der Waals surface area contributed by atoms with E-state index in [0.717, 1.165) is 12.0 Å². The molecule has 0 saturated carbocycles. The Hall–Kier alpha value is -0.850. The Morgan fingerprint density at radius 2 is 2.30 bits per heavy atom. The molecule has 53 valence electrons. The van der Waals surface area contributed by atoms with Crippen LogP contribution in [0.3, 0.4) is 0 Å². The summed E-state index contributed by atoms with van der Waals surface area (Å²) < 4.78 is 12.5. The summed E-state index contributed by atoms with van der Waals surface area (Å²) in [5, 5.41) is 0. The van der Waals surface area contributed by atoms with Crippen molar-refractivity contribution in [3.05, 3.63) is 42.1 Å². The summed E-state index contributed by atoms with van der Waals surface area (Å²) in [6, 6.07) is 6.66. The molecule has 0 aromatic heterocycles. The third-order valence-corrected chi connectivity index (χ3v) is 1.33. The minimum Gasteiger partial charge on any atom is -0.207 e. The van der Waals surface area contributed by atoms with Crippen LogP contribution in [0.4, 0.5) is 4.39 Å². The molecular formula is C9H10F. The van der Waals surface area contributed by atoms with E-state index in [1.165, 1.54) is 6.07 Å². The van der Waals surface area contributed by atoms with Crippen LogP contribution in [0.25, 0.3) is 0 Å². The minimum absolute atomic E-state index is 0.153. The van der Waals surface area contributed by atoms with Crippen molar-refractivity contribution in [2.24, 2.45) is 0 Å². The average Bonchev–Trinajstić information content (AvgIpc) is 1.88. The maximum Gasteiger partial charge on any atom is 0.123 e. The molecule has 0 fully saturated rings. The molecule has 0 atom stereocenters. The van der Waals surface area contributed by atoms with Crippen molar-refractivity contribution in [3.8, 4) is 0 Å². The van der Waals surface area contributed by atoms with Crippen molar-refractivity contribution in [2.75, 3.05) is 0 Å². The van der Waals surface area contributed by atoms with Gasteiger partial charge in [-0.05, 0) is 30.5 Å². The van der Waals surface area contributed by atoms with Crippen molar-refractivity contribution in [2.45, 2.75) is 13.3 Å². The SMILES string of the molecule is C[CH]Cc1cccc(F)c1. The molecule has 10 heavy (non-hydrogen) atoms. The molecule has 1 aromatic carbocycles. The van der Waals surface area contributed by atoms with Crippen LogP contribution in [0.15, 0.2) is 24.3 Å². The maximum absolute atomic E-state index is 12.5. The highest BCUT2D eigenvalue weighted by Gasteiger charge is 1.91. The van der Waals surface area contributed by atoms with Crippen LogP contribution < -0.4 is 0 Å². The first-order valence-corrected chi connectivity index (χ1v) is 3.35. The van der Waals surface area contributed by atoms with E-state index in [4.69, 9.17) is 0 Å². The molecular weight excluding hydrogens is 127 g/mol. The second-order valence-electron chi connectivity index (χ2n) is 2.24. The van der Waals surface area contributed by atoms with Crippen molar-refractivity contribution in [1.29, 1.82) is 0 Å². The molecule has 0 spiro atoms. The minimum atomic E-state index is -0.153. The smallest absolute Gasteiger partial charge is 0.123 e. The lowest BCUT2D eigenvalue weighted by Crippen LogP contribution is -1.83. The van der Waals surface area contributed by atoms with Gasteiger partial charge in [0.05, 0.1) is 0 Å². The Kier molecular flexibility index (Phi) is 2.43. The molecule has 0 saturated heterocycles. The van der Waals surface area contributed by atoms with E-state index < -0.39 is 0 Å². The molecule has 0 aliphatic carbocycles. The molecule has 0 nitrogen and oxygen atoms in total. The first-order chi connectivity index (χ1) is 4.83. The quantitative estimate of drug-likeness (QED) is 0.587. The van der Waals surface area contributed by atoms with E-state index in [1.807, 2.05) is 19.4 Å². The van der Waals surface area contributed by atoms with Gasteiger partial charge in [0.1, 0.15) is 5.82 Å². The summed E-state index contributed by atoms with van der Waals surface area (Å²) in [5.74, 6) is -0.153. The van der Waals surface area contributed by atoms with E-state index in [2.05, 4.69) is 0 Å². The van der Waals surface area contributed by atoms with E-state index in [-0.39, 0.29) is 5.82 Å². The molecule has 0 bridgehead atoms. The lowest BCUT2D eigenvalue weighted by Gasteiger charge is -1.95. The summed E-state index contributed by atoms with van der Waals surface area (Å²) in [6.07, 6.45) is 2.85. The molecule has 0 aliphatic rings. The molecule has 1 radical (unpaired) electrons. The number of hydrogen-bond donors (Lipinski definition) is 0. The van der Waals surface area contributed by atoms with Crippen LogP contribution in [0, 0.1) is 12.2 Å². The van der Waals surface area contributed by atoms with Crippen molar-refractivity contribution < 1.29 is 4.39 Å². The number of rotatable bonds is 2. The van der Waals surface area contributed by atoms with Gasteiger partial charge in [-0.2, -0.15) is 0 Å². The summed E-state index contributed by atoms with van der Waals surface area (Å²) in [4.78, 5) is 0. The van der Waals surface area contributed by atoms with Gasteiger partial charge in [0.2, 0.25) is 0 Å². The summed E-state index contributed by atoms with van der Waals surface area (Å²) in [6.45, 7) is 1.96. The largest absolute Gasteiger partial charge is 0.207 e. The third-order valence-electron chi connectivity index (χ3n) is 1.33. The van der Waals surface area contributed by atoms with Gasteiger partial charge in [0.15, 0.2) is 0 Å². The van der Waals surface area contributed by atoms with E-state index in [1.54, 1.807) is 12.1 Å². The molecule has 0 unspecified atom stereocenters. The van der Waals surface area contributed by atoms with E-state index in [9.17, 15) is 4.39 Å². The molecule has 0 aliphatic heterocycles. The summed E-state index contributed by atoms with van der Waals surface area (Å²) in [5.41, 5.74) is 1.03. The predicted octanol–water partition coefficient (Wildman–Crippen LogP) is 2.59. The molecule has 0 heterocycles. The fraction of sp³-hybridized carbons (Fsp3) is 0.222.